The minimum Gasteiger partial charge on any atom is -0.371 e. The summed E-state index contributed by atoms with van der Waals surface area (Å²) in [5, 5.41) is 6.33. The van der Waals surface area contributed by atoms with Crippen molar-refractivity contribution in [2.75, 3.05) is 5.32 Å². The van der Waals surface area contributed by atoms with Crippen molar-refractivity contribution in [1.82, 2.24) is 9.78 Å². The normalized spacial score (nSPS) is 12.7. The summed E-state index contributed by atoms with van der Waals surface area (Å²) in [6.07, 6.45) is -1.75. The number of rotatable bonds is 6. The van der Waals surface area contributed by atoms with E-state index in [9.17, 15) is 13.6 Å². The second-order valence-corrected chi connectivity index (χ2v) is 5.77. The predicted octanol–water partition coefficient (Wildman–Crippen LogP) is 4.10. The van der Waals surface area contributed by atoms with Gasteiger partial charge in [0.1, 0.15) is 5.69 Å². The molecule has 0 radical (unpaired) electrons. The van der Waals surface area contributed by atoms with Crippen molar-refractivity contribution in [2.45, 2.75) is 39.4 Å². The minimum absolute atomic E-state index is 0.0208. The van der Waals surface area contributed by atoms with Gasteiger partial charge in [-0.3, -0.25) is 9.48 Å². The highest BCUT2D eigenvalue weighted by Gasteiger charge is 2.23. The lowest BCUT2D eigenvalue weighted by molar-refractivity contribution is 0.0182. The number of hydrogen-bond acceptors (Lipinski definition) is 3. The number of nitrogens with zero attached hydrogens (tertiary/aromatic N) is 2. The van der Waals surface area contributed by atoms with Gasteiger partial charge < -0.3 is 10.1 Å². The molecule has 0 bridgehead atoms. The van der Waals surface area contributed by atoms with E-state index in [1.54, 1.807) is 12.1 Å². The SMILES string of the molecule is CC(C)OC(C)c1ccccc1NC(=O)c1cn(C)nc1C(F)F. The van der Waals surface area contributed by atoms with Crippen LogP contribution >= 0.6 is 0 Å². The first kappa shape index (κ1) is 18.1. The maximum absolute atomic E-state index is 13.0. The zero-order valence-corrected chi connectivity index (χ0v) is 14.1. The average Bonchev–Trinajstić information content (AvgIpc) is 2.89. The smallest absolute Gasteiger partial charge is 0.282 e. The molecule has 1 aromatic heterocycles. The zero-order chi connectivity index (χ0) is 17.9. The van der Waals surface area contributed by atoms with E-state index >= 15 is 0 Å². The van der Waals surface area contributed by atoms with Crippen molar-refractivity contribution >= 4 is 11.6 Å². The number of amides is 1. The van der Waals surface area contributed by atoms with Crippen molar-refractivity contribution < 1.29 is 18.3 Å². The number of hydrogen-bond donors (Lipinski definition) is 1. The first-order valence-corrected chi connectivity index (χ1v) is 7.67. The fraction of sp³-hybridized carbons (Fsp3) is 0.412. The Balaban J connectivity index is 2.27. The largest absolute Gasteiger partial charge is 0.371 e. The Morgan fingerprint density at radius 3 is 2.54 bits per heavy atom. The van der Waals surface area contributed by atoms with E-state index in [1.807, 2.05) is 32.9 Å². The molecule has 0 aliphatic carbocycles. The number of alkyl halides is 2. The monoisotopic (exact) mass is 337 g/mol. The van der Waals surface area contributed by atoms with Crippen LogP contribution in [0, 0.1) is 0 Å². The fourth-order valence-electron chi connectivity index (χ4n) is 2.48. The summed E-state index contributed by atoms with van der Waals surface area (Å²) in [7, 11) is 1.50. The van der Waals surface area contributed by atoms with E-state index in [1.165, 1.54) is 17.9 Å². The van der Waals surface area contributed by atoms with Gasteiger partial charge in [-0.15, -0.1) is 0 Å². The Morgan fingerprint density at radius 1 is 1.25 bits per heavy atom. The maximum atomic E-state index is 13.0. The van der Waals surface area contributed by atoms with Crippen LogP contribution in [0.3, 0.4) is 0 Å². The Morgan fingerprint density at radius 2 is 1.92 bits per heavy atom. The lowest BCUT2D eigenvalue weighted by Crippen LogP contribution is -2.16. The number of benzene rings is 1. The van der Waals surface area contributed by atoms with Crippen LogP contribution in [-0.4, -0.2) is 21.8 Å². The van der Waals surface area contributed by atoms with Crippen molar-refractivity contribution in [2.24, 2.45) is 7.05 Å². The molecule has 0 saturated carbocycles. The summed E-state index contributed by atoms with van der Waals surface area (Å²) in [6.45, 7) is 5.71. The Labute approximate surface area is 139 Å². The fourth-order valence-corrected chi connectivity index (χ4v) is 2.48. The first-order valence-electron chi connectivity index (χ1n) is 7.67. The van der Waals surface area contributed by atoms with Gasteiger partial charge in [-0.25, -0.2) is 8.78 Å². The van der Waals surface area contributed by atoms with Crippen molar-refractivity contribution in [3.63, 3.8) is 0 Å². The summed E-state index contributed by atoms with van der Waals surface area (Å²) < 4.78 is 33.0. The van der Waals surface area contributed by atoms with Gasteiger partial charge in [0, 0.05) is 24.5 Å². The number of carbonyl (C=O) groups excluding carboxylic acids is 1. The number of aromatic nitrogens is 2. The second-order valence-electron chi connectivity index (χ2n) is 5.77. The van der Waals surface area contributed by atoms with E-state index in [4.69, 9.17) is 4.74 Å². The van der Waals surface area contributed by atoms with Crippen molar-refractivity contribution in [3.05, 3.63) is 47.3 Å². The van der Waals surface area contributed by atoms with Gasteiger partial charge in [0.05, 0.1) is 17.8 Å². The Bertz CT molecular complexity index is 714. The van der Waals surface area contributed by atoms with Crippen LogP contribution in [0.4, 0.5) is 14.5 Å². The second kappa shape index (κ2) is 7.53. The number of nitrogens with one attached hydrogen (secondary N) is 1. The van der Waals surface area contributed by atoms with Gasteiger partial charge >= 0.3 is 0 Å². The number of halogens is 2. The van der Waals surface area contributed by atoms with Gasteiger partial charge in [-0.1, -0.05) is 18.2 Å². The lowest BCUT2D eigenvalue weighted by Gasteiger charge is -2.19. The Kier molecular flexibility index (Phi) is 5.66. The molecule has 1 atom stereocenters. The van der Waals surface area contributed by atoms with Crippen LogP contribution < -0.4 is 5.32 Å². The molecule has 1 unspecified atom stereocenters. The predicted molar refractivity (Wildman–Crippen MR) is 87.2 cm³/mol. The highest BCUT2D eigenvalue weighted by Crippen LogP contribution is 2.28. The third-order valence-electron chi connectivity index (χ3n) is 3.43. The highest BCUT2D eigenvalue weighted by atomic mass is 19.3. The molecule has 0 aliphatic rings. The van der Waals surface area contributed by atoms with E-state index < -0.39 is 18.0 Å². The van der Waals surface area contributed by atoms with Crippen LogP contribution in [0.15, 0.2) is 30.5 Å². The molecular formula is C17H21F2N3O2. The lowest BCUT2D eigenvalue weighted by atomic mass is 10.1. The summed E-state index contributed by atoms with van der Waals surface area (Å²) in [6, 6.07) is 7.14. The third-order valence-corrected chi connectivity index (χ3v) is 3.43. The zero-order valence-electron chi connectivity index (χ0n) is 14.1. The minimum atomic E-state index is -2.81. The van der Waals surface area contributed by atoms with Gasteiger partial charge in [0.2, 0.25) is 0 Å². The molecule has 2 aromatic rings. The number of ether oxygens (including phenoxy) is 1. The van der Waals surface area contributed by atoms with E-state index in [0.29, 0.717) is 5.69 Å². The van der Waals surface area contributed by atoms with Gasteiger partial charge in [0.15, 0.2) is 0 Å². The molecule has 1 amide bonds. The topological polar surface area (TPSA) is 56.1 Å². The molecule has 1 aromatic carbocycles. The molecule has 130 valence electrons. The van der Waals surface area contributed by atoms with E-state index in [2.05, 4.69) is 10.4 Å². The van der Waals surface area contributed by atoms with Crippen LogP contribution in [0.2, 0.25) is 0 Å². The highest BCUT2D eigenvalue weighted by molar-refractivity contribution is 6.05. The number of para-hydroxylation sites is 1. The van der Waals surface area contributed by atoms with Crippen LogP contribution in [-0.2, 0) is 11.8 Å². The average molecular weight is 337 g/mol. The summed E-state index contributed by atoms with van der Waals surface area (Å²) in [5.74, 6) is -0.623. The molecule has 0 aliphatic heterocycles. The van der Waals surface area contributed by atoms with Crippen LogP contribution in [0.1, 0.15) is 54.9 Å². The molecule has 5 nitrogen and oxygen atoms in total. The molecule has 0 saturated heterocycles. The maximum Gasteiger partial charge on any atom is 0.282 e. The summed E-state index contributed by atoms with van der Waals surface area (Å²) >= 11 is 0. The Hall–Kier alpha value is -2.28. The quantitative estimate of drug-likeness (QED) is 0.863. The molecule has 24 heavy (non-hydrogen) atoms. The number of carbonyl (C=O) groups is 1. The molecule has 2 rings (SSSR count). The number of anilines is 1. The van der Waals surface area contributed by atoms with Crippen molar-refractivity contribution in [3.8, 4) is 0 Å². The van der Waals surface area contributed by atoms with Gasteiger partial charge in [-0.05, 0) is 26.8 Å². The molecule has 1 N–H and O–H groups in total. The van der Waals surface area contributed by atoms with E-state index in [0.717, 1.165) is 5.56 Å². The summed E-state index contributed by atoms with van der Waals surface area (Å²) in [4.78, 5) is 12.4. The molecule has 1 heterocycles. The first-order chi connectivity index (χ1) is 11.3. The molecule has 7 heteroatoms. The van der Waals surface area contributed by atoms with Crippen molar-refractivity contribution in [1.29, 1.82) is 0 Å². The van der Waals surface area contributed by atoms with Crippen LogP contribution in [0.5, 0.6) is 0 Å². The molecular weight excluding hydrogens is 316 g/mol. The molecule has 0 fully saturated rings. The third kappa shape index (κ3) is 4.17. The molecule has 0 spiro atoms. The summed E-state index contributed by atoms with van der Waals surface area (Å²) in [5.41, 5.74) is 0.639. The standard InChI is InChI=1S/C17H21F2N3O2/c1-10(2)24-11(3)12-7-5-6-8-14(12)20-17(23)13-9-22(4)21-15(13)16(18)19/h5-11,16H,1-4H3,(H,20,23). The van der Waals surface area contributed by atoms with Gasteiger partial charge in [-0.2, -0.15) is 5.10 Å². The van der Waals surface area contributed by atoms with Gasteiger partial charge in [0.25, 0.3) is 12.3 Å². The van der Waals surface area contributed by atoms with Crippen LogP contribution in [0.25, 0.3) is 0 Å². The number of aryl methyl sites for hydroxylation is 1. The van der Waals surface area contributed by atoms with E-state index in [-0.39, 0.29) is 17.8 Å².